The lowest BCUT2D eigenvalue weighted by molar-refractivity contribution is 1.07. The molecule has 0 aliphatic carbocycles. The lowest BCUT2D eigenvalue weighted by Crippen LogP contribution is -2.02. The van der Waals surface area contributed by atoms with E-state index in [0.717, 1.165) is 21.3 Å². The molecular weight excluding hydrogens is 292 g/mol. The number of pyridine rings is 1. The molecule has 0 unspecified atom stereocenters. The van der Waals surface area contributed by atoms with E-state index in [-0.39, 0.29) is 0 Å². The summed E-state index contributed by atoms with van der Waals surface area (Å²) in [6, 6.07) is 9.84. The van der Waals surface area contributed by atoms with Crippen LogP contribution in [0.1, 0.15) is 5.56 Å². The summed E-state index contributed by atoms with van der Waals surface area (Å²) in [5, 5.41) is 0. The predicted octanol–water partition coefficient (Wildman–Crippen LogP) is 3.07. The van der Waals surface area contributed by atoms with Crippen LogP contribution in [0.5, 0.6) is 0 Å². The van der Waals surface area contributed by atoms with Crippen LogP contribution in [-0.2, 0) is 0 Å². The Hall–Kier alpha value is -1.88. The largest absolute Gasteiger partial charge is 0.369 e. The van der Waals surface area contributed by atoms with E-state index >= 15 is 0 Å². The number of hydrogen-bond acceptors (Lipinski definition) is 3. The SMILES string of the molecule is Cc1ccc(-n2c(N)nc3cccnc32)c(Br)c1. The van der Waals surface area contributed by atoms with Crippen molar-refractivity contribution in [3.05, 3.63) is 46.6 Å². The molecule has 0 radical (unpaired) electrons. The highest BCUT2D eigenvalue weighted by Crippen LogP contribution is 2.27. The Kier molecular flexibility index (Phi) is 2.56. The van der Waals surface area contributed by atoms with Crippen molar-refractivity contribution in [1.82, 2.24) is 14.5 Å². The molecule has 90 valence electrons. The number of anilines is 1. The minimum absolute atomic E-state index is 0.438. The molecule has 18 heavy (non-hydrogen) atoms. The van der Waals surface area contributed by atoms with E-state index in [9.17, 15) is 0 Å². The summed E-state index contributed by atoms with van der Waals surface area (Å²) < 4.78 is 2.82. The highest BCUT2D eigenvalue weighted by molar-refractivity contribution is 9.10. The fourth-order valence-electron chi connectivity index (χ4n) is 1.96. The van der Waals surface area contributed by atoms with Crippen LogP contribution in [-0.4, -0.2) is 14.5 Å². The standard InChI is InChI=1S/C13H11BrN4/c1-8-4-5-11(9(14)7-8)18-12-10(17-13(18)15)3-2-6-16-12/h2-7H,1H3,(H2,15,17). The molecule has 0 aliphatic heterocycles. The Morgan fingerprint density at radius 3 is 2.89 bits per heavy atom. The van der Waals surface area contributed by atoms with Gasteiger partial charge >= 0.3 is 0 Å². The summed E-state index contributed by atoms with van der Waals surface area (Å²) in [7, 11) is 0. The first-order valence-electron chi connectivity index (χ1n) is 5.52. The van der Waals surface area contributed by atoms with Crippen molar-refractivity contribution in [2.24, 2.45) is 0 Å². The van der Waals surface area contributed by atoms with Gasteiger partial charge in [-0.1, -0.05) is 6.07 Å². The average molecular weight is 303 g/mol. The van der Waals surface area contributed by atoms with Crippen molar-refractivity contribution < 1.29 is 0 Å². The van der Waals surface area contributed by atoms with Gasteiger partial charge < -0.3 is 5.73 Å². The Balaban J connectivity index is 2.34. The first kappa shape index (κ1) is 11.2. The van der Waals surface area contributed by atoms with Crippen molar-refractivity contribution in [3.8, 4) is 5.69 Å². The lowest BCUT2D eigenvalue weighted by atomic mass is 10.2. The van der Waals surface area contributed by atoms with Gasteiger partial charge in [0.25, 0.3) is 0 Å². The maximum absolute atomic E-state index is 5.98. The molecule has 3 aromatic rings. The molecule has 0 bridgehead atoms. The van der Waals surface area contributed by atoms with Crippen LogP contribution in [0.15, 0.2) is 41.0 Å². The summed E-state index contributed by atoms with van der Waals surface area (Å²) >= 11 is 3.56. The van der Waals surface area contributed by atoms with Gasteiger partial charge in [-0.15, -0.1) is 0 Å². The molecule has 2 aromatic heterocycles. The summed E-state index contributed by atoms with van der Waals surface area (Å²) in [4.78, 5) is 8.65. The van der Waals surface area contributed by atoms with Gasteiger partial charge in [0.05, 0.1) is 5.69 Å². The maximum Gasteiger partial charge on any atom is 0.207 e. The van der Waals surface area contributed by atoms with Crippen LogP contribution < -0.4 is 5.73 Å². The molecule has 2 N–H and O–H groups in total. The molecule has 0 fully saturated rings. The third kappa shape index (κ3) is 1.67. The van der Waals surface area contributed by atoms with E-state index in [1.165, 1.54) is 5.56 Å². The molecule has 0 aliphatic rings. The van der Waals surface area contributed by atoms with Crippen LogP contribution in [0.3, 0.4) is 0 Å². The summed E-state index contributed by atoms with van der Waals surface area (Å²) in [5.41, 5.74) is 9.67. The second-order valence-electron chi connectivity index (χ2n) is 4.11. The minimum atomic E-state index is 0.438. The van der Waals surface area contributed by atoms with E-state index in [4.69, 9.17) is 5.73 Å². The van der Waals surface area contributed by atoms with Crippen molar-refractivity contribution in [2.75, 3.05) is 5.73 Å². The normalized spacial score (nSPS) is 11.0. The van der Waals surface area contributed by atoms with Gasteiger partial charge in [0, 0.05) is 10.7 Å². The lowest BCUT2D eigenvalue weighted by Gasteiger charge is -2.08. The van der Waals surface area contributed by atoms with E-state index in [1.807, 2.05) is 41.8 Å². The van der Waals surface area contributed by atoms with Crippen LogP contribution in [0.2, 0.25) is 0 Å². The minimum Gasteiger partial charge on any atom is -0.369 e. The highest BCUT2D eigenvalue weighted by atomic mass is 79.9. The predicted molar refractivity (Wildman–Crippen MR) is 75.7 cm³/mol. The van der Waals surface area contributed by atoms with Gasteiger partial charge in [-0.3, -0.25) is 4.57 Å². The fourth-order valence-corrected chi connectivity index (χ4v) is 2.63. The second-order valence-corrected chi connectivity index (χ2v) is 4.96. The molecule has 0 atom stereocenters. The monoisotopic (exact) mass is 302 g/mol. The van der Waals surface area contributed by atoms with Gasteiger partial charge in [-0.2, -0.15) is 0 Å². The van der Waals surface area contributed by atoms with Crippen molar-refractivity contribution in [3.63, 3.8) is 0 Å². The van der Waals surface area contributed by atoms with Gasteiger partial charge in [0.1, 0.15) is 5.52 Å². The van der Waals surface area contributed by atoms with Crippen molar-refractivity contribution >= 4 is 33.0 Å². The van der Waals surface area contributed by atoms with Crippen LogP contribution in [0.25, 0.3) is 16.9 Å². The van der Waals surface area contributed by atoms with Gasteiger partial charge in [-0.25, -0.2) is 9.97 Å². The zero-order chi connectivity index (χ0) is 12.7. The number of nitrogens with two attached hydrogens (primary N) is 1. The number of fused-ring (bicyclic) bond motifs is 1. The van der Waals surface area contributed by atoms with Crippen LogP contribution in [0.4, 0.5) is 5.95 Å². The maximum atomic E-state index is 5.98. The first-order chi connectivity index (χ1) is 8.66. The number of imidazole rings is 1. The number of benzene rings is 1. The Morgan fingerprint density at radius 2 is 2.11 bits per heavy atom. The highest BCUT2D eigenvalue weighted by Gasteiger charge is 2.12. The van der Waals surface area contributed by atoms with Gasteiger partial charge in [0.15, 0.2) is 5.65 Å². The molecule has 0 amide bonds. The zero-order valence-electron chi connectivity index (χ0n) is 9.76. The number of rotatable bonds is 1. The molecule has 0 saturated carbocycles. The molecule has 5 heteroatoms. The van der Waals surface area contributed by atoms with Gasteiger partial charge in [0.2, 0.25) is 5.95 Å². The smallest absolute Gasteiger partial charge is 0.207 e. The zero-order valence-corrected chi connectivity index (χ0v) is 11.3. The average Bonchev–Trinajstić information content (AvgIpc) is 2.66. The Morgan fingerprint density at radius 1 is 1.28 bits per heavy atom. The van der Waals surface area contributed by atoms with Crippen LogP contribution >= 0.6 is 15.9 Å². The van der Waals surface area contributed by atoms with E-state index in [2.05, 4.69) is 25.9 Å². The van der Waals surface area contributed by atoms with Crippen molar-refractivity contribution in [2.45, 2.75) is 6.92 Å². The number of nitrogen functional groups attached to an aromatic ring is 1. The third-order valence-electron chi connectivity index (χ3n) is 2.79. The molecule has 3 rings (SSSR count). The van der Waals surface area contributed by atoms with Gasteiger partial charge in [-0.05, 0) is 52.7 Å². The summed E-state index contributed by atoms with van der Waals surface area (Å²) in [6.45, 7) is 2.04. The molecular formula is C13H11BrN4. The molecule has 0 saturated heterocycles. The van der Waals surface area contributed by atoms with E-state index in [1.54, 1.807) is 6.20 Å². The quantitative estimate of drug-likeness (QED) is 0.751. The molecule has 4 nitrogen and oxygen atoms in total. The summed E-state index contributed by atoms with van der Waals surface area (Å²) in [5.74, 6) is 0.438. The second kappa shape index (κ2) is 4.10. The third-order valence-corrected chi connectivity index (χ3v) is 3.42. The first-order valence-corrected chi connectivity index (χ1v) is 6.31. The Labute approximate surface area is 113 Å². The number of halogens is 1. The Bertz CT molecular complexity index is 733. The van der Waals surface area contributed by atoms with E-state index < -0.39 is 0 Å². The molecule has 1 aromatic carbocycles. The number of aromatic nitrogens is 3. The van der Waals surface area contributed by atoms with Crippen LogP contribution in [0, 0.1) is 6.92 Å². The number of hydrogen-bond donors (Lipinski definition) is 1. The summed E-state index contributed by atoms with van der Waals surface area (Å²) in [6.07, 6.45) is 1.74. The number of nitrogens with zero attached hydrogens (tertiary/aromatic N) is 3. The molecule has 2 heterocycles. The van der Waals surface area contributed by atoms with E-state index in [0.29, 0.717) is 5.95 Å². The topological polar surface area (TPSA) is 56.7 Å². The molecule has 0 spiro atoms. The number of aryl methyl sites for hydroxylation is 1. The fraction of sp³-hybridized carbons (Fsp3) is 0.0769. The van der Waals surface area contributed by atoms with Crippen molar-refractivity contribution in [1.29, 1.82) is 0 Å².